The number of anilines is 2. The minimum absolute atomic E-state index is 0.138. The van der Waals surface area contributed by atoms with E-state index in [-0.39, 0.29) is 16.9 Å². The molecular formula is C14H10ClFN2O3. The zero-order valence-corrected chi connectivity index (χ0v) is 11.3. The quantitative estimate of drug-likeness (QED) is 0.760. The van der Waals surface area contributed by atoms with Gasteiger partial charge in [0, 0.05) is 5.56 Å². The van der Waals surface area contributed by atoms with Crippen molar-refractivity contribution in [1.82, 2.24) is 0 Å². The molecule has 0 bridgehead atoms. The topological polar surface area (TPSA) is 92.4 Å². The summed E-state index contributed by atoms with van der Waals surface area (Å²) in [6.45, 7) is 0. The van der Waals surface area contributed by atoms with Crippen LogP contribution >= 0.6 is 11.6 Å². The summed E-state index contributed by atoms with van der Waals surface area (Å²) >= 11 is 5.75. The molecule has 0 heterocycles. The number of halogens is 2. The monoisotopic (exact) mass is 308 g/mol. The molecule has 4 N–H and O–H groups in total. The molecule has 108 valence electrons. The van der Waals surface area contributed by atoms with Crippen molar-refractivity contribution in [2.75, 3.05) is 11.1 Å². The number of rotatable bonds is 3. The van der Waals surface area contributed by atoms with E-state index in [0.29, 0.717) is 5.02 Å². The van der Waals surface area contributed by atoms with E-state index in [9.17, 15) is 14.0 Å². The first-order valence-corrected chi connectivity index (χ1v) is 6.16. The highest BCUT2D eigenvalue weighted by atomic mass is 35.5. The molecule has 0 saturated carbocycles. The second kappa shape index (κ2) is 5.80. The lowest BCUT2D eigenvalue weighted by molar-refractivity contribution is 0.0693. The summed E-state index contributed by atoms with van der Waals surface area (Å²) in [5.41, 5.74) is 5.23. The molecule has 2 aromatic rings. The van der Waals surface area contributed by atoms with Gasteiger partial charge in [-0.3, -0.25) is 4.79 Å². The van der Waals surface area contributed by atoms with Crippen LogP contribution in [0.3, 0.4) is 0 Å². The first kappa shape index (κ1) is 14.8. The number of hydrogen-bond donors (Lipinski definition) is 3. The summed E-state index contributed by atoms with van der Waals surface area (Å²) in [4.78, 5) is 23.1. The zero-order chi connectivity index (χ0) is 15.6. The Labute approximate surface area is 124 Å². The van der Waals surface area contributed by atoms with Crippen LogP contribution in [0.1, 0.15) is 20.7 Å². The molecule has 0 radical (unpaired) electrons. The third-order valence-electron chi connectivity index (χ3n) is 2.73. The summed E-state index contributed by atoms with van der Waals surface area (Å²) in [5, 5.41) is 11.6. The molecular weight excluding hydrogens is 299 g/mol. The number of amides is 1. The average Bonchev–Trinajstić information content (AvgIpc) is 2.41. The zero-order valence-electron chi connectivity index (χ0n) is 10.6. The number of carbonyl (C=O) groups excluding carboxylic acids is 1. The molecule has 21 heavy (non-hydrogen) atoms. The van der Waals surface area contributed by atoms with Gasteiger partial charge in [-0.25, -0.2) is 9.18 Å². The van der Waals surface area contributed by atoms with E-state index >= 15 is 0 Å². The molecule has 0 atom stereocenters. The van der Waals surface area contributed by atoms with Crippen molar-refractivity contribution in [2.24, 2.45) is 0 Å². The first-order chi connectivity index (χ1) is 9.90. The summed E-state index contributed by atoms with van der Waals surface area (Å²) in [6, 6.07) is 7.80. The van der Waals surface area contributed by atoms with Gasteiger partial charge in [0.25, 0.3) is 5.91 Å². The number of aromatic carboxylic acids is 1. The lowest BCUT2D eigenvalue weighted by Crippen LogP contribution is -2.16. The van der Waals surface area contributed by atoms with Gasteiger partial charge in [-0.2, -0.15) is 0 Å². The van der Waals surface area contributed by atoms with E-state index in [4.69, 9.17) is 22.4 Å². The maximum absolute atomic E-state index is 13.5. The van der Waals surface area contributed by atoms with Gasteiger partial charge in [-0.15, -0.1) is 0 Å². The van der Waals surface area contributed by atoms with Crippen molar-refractivity contribution in [3.8, 4) is 0 Å². The van der Waals surface area contributed by atoms with Crippen LogP contribution in [-0.4, -0.2) is 17.0 Å². The van der Waals surface area contributed by atoms with E-state index < -0.39 is 23.3 Å². The molecule has 5 nitrogen and oxygen atoms in total. The van der Waals surface area contributed by atoms with Crippen LogP contribution in [0.5, 0.6) is 0 Å². The molecule has 2 rings (SSSR count). The van der Waals surface area contributed by atoms with Crippen LogP contribution in [0.15, 0.2) is 36.4 Å². The number of hydrogen-bond acceptors (Lipinski definition) is 3. The Morgan fingerprint density at radius 2 is 1.95 bits per heavy atom. The number of carboxylic acids is 1. The van der Waals surface area contributed by atoms with E-state index in [1.807, 2.05) is 0 Å². The van der Waals surface area contributed by atoms with Crippen LogP contribution in [-0.2, 0) is 0 Å². The highest BCUT2D eigenvalue weighted by Gasteiger charge is 2.18. The molecule has 2 aromatic carbocycles. The second-order valence-corrected chi connectivity index (χ2v) is 4.57. The maximum atomic E-state index is 13.5. The Morgan fingerprint density at radius 1 is 1.24 bits per heavy atom. The van der Waals surface area contributed by atoms with Crippen molar-refractivity contribution in [1.29, 1.82) is 0 Å². The molecule has 0 saturated heterocycles. The van der Waals surface area contributed by atoms with Crippen LogP contribution in [0.4, 0.5) is 15.8 Å². The SMILES string of the molecule is Nc1cc(C(=O)Nc2cccc(F)c2C(=O)O)ccc1Cl. The lowest BCUT2D eigenvalue weighted by atomic mass is 10.1. The van der Waals surface area contributed by atoms with E-state index in [0.717, 1.165) is 6.07 Å². The Morgan fingerprint density at radius 3 is 2.57 bits per heavy atom. The molecule has 1 amide bonds. The largest absolute Gasteiger partial charge is 0.478 e. The lowest BCUT2D eigenvalue weighted by Gasteiger charge is -2.09. The maximum Gasteiger partial charge on any atom is 0.340 e. The summed E-state index contributed by atoms with van der Waals surface area (Å²) in [7, 11) is 0. The fraction of sp³-hybridized carbons (Fsp3) is 0. The Balaban J connectivity index is 2.34. The van der Waals surface area contributed by atoms with Gasteiger partial charge in [0.1, 0.15) is 11.4 Å². The predicted molar refractivity (Wildman–Crippen MR) is 77.2 cm³/mol. The van der Waals surface area contributed by atoms with Gasteiger partial charge in [0.2, 0.25) is 0 Å². The molecule has 0 aliphatic carbocycles. The van der Waals surface area contributed by atoms with Crippen molar-refractivity contribution in [3.05, 3.63) is 58.4 Å². The van der Waals surface area contributed by atoms with E-state index in [1.54, 1.807) is 0 Å². The van der Waals surface area contributed by atoms with Crippen molar-refractivity contribution in [3.63, 3.8) is 0 Å². The predicted octanol–water partition coefficient (Wildman–Crippen LogP) is 3.01. The number of benzene rings is 2. The van der Waals surface area contributed by atoms with E-state index in [2.05, 4.69) is 5.32 Å². The molecule has 0 fully saturated rings. The summed E-state index contributed by atoms with van der Waals surface area (Å²) in [6.07, 6.45) is 0. The Kier molecular flexibility index (Phi) is 4.09. The number of nitrogens with one attached hydrogen (secondary N) is 1. The van der Waals surface area contributed by atoms with Gasteiger partial charge in [-0.05, 0) is 30.3 Å². The Hall–Kier alpha value is -2.60. The smallest absolute Gasteiger partial charge is 0.340 e. The van der Waals surface area contributed by atoms with Crippen molar-refractivity contribution >= 4 is 34.9 Å². The molecule has 0 aliphatic rings. The third kappa shape index (κ3) is 3.11. The van der Waals surface area contributed by atoms with Crippen molar-refractivity contribution < 1.29 is 19.1 Å². The van der Waals surface area contributed by atoms with Crippen LogP contribution in [0, 0.1) is 5.82 Å². The van der Waals surface area contributed by atoms with Crippen LogP contribution in [0.2, 0.25) is 5.02 Å². The van der Waals surface area contributed by atoms with Gasteiger partial charge >= 0.3 is 5.97 Å². The number of carboxylic acid groups (broad SMARTS) is 1. The average molecular weight is 309 g/mol. The number of carbonyl (C=O) groups is 2. The fourth-order valence-electron chi connectivity index (χ4n) is 1.73. The summed E-state index contributed by atoms with van der Waals surface area (Å²) in [5.74, 6) is -3.03. The highest BCUT2D eigenvalue weighted by molar-refractivity contribution is 6.33. The standard InChI is InChI=1S/C14H10ClFN2O3/c15-8-5-4-7(6-10(8)17)13(19)18-11-3-1-2-9(16)12(11)14(20)21/h1-6H,17H2,(H,18,19)(H,20,21). The van der Waals surface area contributed by atoms with Crippen LogP contribution < -0.4 is 11.1 Å². The number of nitrogen functional groups attached to an aromatic ring is 1. The fourth-order valence-corrected chi connectivity index (χ4v) is 1.84. The van der Waals surface area contributed by atoms with Gasteiger partial charge < -0.3 is 16.2 Å². The van der Waals surface area contributed by atoms with Gasteiger partial charge in [-0.1, -0.05) is 17.7 Å². The molecule has 7 heteroatoms. The molecule has 0 spiro atoms. The summed E-state index contributed by atoms with van der Waals surface area (Å²) < 4.78 is 13.5. The van der Waals surface area contributed by atoms with Gasteiger partial charge in [0.15, 0.2) is 0 Å². The Bertz CT molecular complexity index is 734. The van der Waals surface area contributed by atoms with Crippen molar-refractivity contribution in [2.45, 2.75) is 0 Å². The molecule has 0 aromatic heterocycles. The third-order valence-corrected chi connectivity index (χ3v) is 3.08. The number of nitrogens with two attached hydrogens (primary N) is 1. The molecule has 0 aliphatic heterocycles. The van der Waals surface area contributed by atoms with E-state index in [1.165, 1.54) is 30.3 Å². The highest BCUT2D eigenvalue weighted by Crippen LogP contribution is 2.22. The van der Waals surface area contributed by atoms with Crippen LogP contribution in [0.25, 0.3) is 0 Å². The molecule has 0 unspecified atom stereocenters. The van der Waals surface area contributed by atoms with Gasteiger partial charge in [0.05, 0.1) is 16.4 Å². The first-order valence-electron chi connectivity index (χ1n) is 5.78. The minimum Gasteiger partial charge on any atom is -0.478 e. The second-order valence-electron chi connectivity index (χ2n) is 4.16. The minimum atomic E-state index is -1.47. The normalized spacial score (nSPS) is 10.2.